The molecule has 0 saturated heterocycles. The third-order valence-corrected chi connectivity index (χ3v) is 2.97. The van der Waals surface area contributed by atoms with Crippen LogP contribution < -0.4 is 0 Å². The van der Waals surface area contributed by atoms with Crippen LogP contribution in [0.4, 0.5) is 0 Å². The SMILES string of the molecule is C=C1CCC(C(C)CCC)C1. The highest BCUT2D eigenvalue weighted by atomic mass is 14.3. The van der Waals surface area contributed by atoms with Crippen LogP contribution in [0.5, 0.6) is 0 Å². The fraction of sp³-hybridized carbons (Fsp3) is 0.818. The zero-order valence-electron chi connectivity index (χ0n) is 7.90. The van der Waals surface area contributed by atoms with Gasteiger partial charge in [0.1, 0.15) is 0 Å². The fourth-order valence-corrected chi connectivity index (χ4v) is 2.14. The van der Waals surface area contributed by atoms with Gasteiger partial charge in [-0.2, -0.15) is 0 Å². The van der Waals surface area contributed by atoms with Crippen LogP contribution in [0.15, 0.2) is 12.2 Å². The van der Waals surface area contributed by atoms with Crippen LogP contribution in [0.1, 0.15) is 46.0 Å². The van der Waals surface area contributed by atoms with Gasteiger partial charge in [0, 0.05) is 0 Å². The van der Waals surface area contributed by atoms with E-state index in [9.17, 15) is 0 Å². The summed E-state index contributed by atoms with van der Waals surface area (Å²) in [6.07, 6.45) is 6.74. The Morgan fingerprint density at radius 1 is 1.64 bits per heavy atom. The topological polar surface area (TPSA) is 0 Å². The van der Waals surface area contributed by atoms with E-state index in [1.54, 1.807) is 0 Å². The molecular weight excluding hydrogens is 132 g/mol. The van der Waals surface area contributed by atoms with Gasteiger partial charge < -0.3 is 0 Å². The van der Waals surface area contributed by atoms with Crippen molar-refractivity contribution in [2.75, 3.05) is 0 Å². The van der Waals surface area contributed by atoms with Crippen LogP contribution in [0, 0.1) is 11.8 Å². The Balaban J connectivity index is 2.30. The van der Waals surface area contributed by atoms with Crippen LogP contribution in [-0.2, 0) is 0 Å². The van der Waals surface area contributed by atoms with Crippen molar-refractivity contribution >= 4 is 0 Å². The Morgan fingerprint density at radius 3 is 2.82 bits per heavy atom. The summed E-state index contributed by atoms with van der Waals surface area (Å²) in [6.45, 7) is 8.72. The third-order valence-electron chi connectivity index (χ3n) is 2.97. The van der Waals surface area contributed by atoms with Gasteiger partial charge in [0.2, 0.25) is 0 Å². The zero-order chi connectivity index (χ0) is 8.27. The van der Waals surface area contributed by atoms with Crippen molar-refractivity contribution in [3.63, 3.8) is 0 Å². The molecule has 2 atom stereocenters. The molecule has 1 aliphatic rings. The molecule has 0 aromatic heterocycles. The summed E-state index contributed by atoms with van der Waals surface area (Å²) in [5, 5.41) is 0. The van der Waals surface area contributed by atoms with Crippen molar-refractivity contribution in [3.05, 3.63) is 12.2 Å². The third kappa shape index (κ3) is 2.36. The molecule has 11 heavy (non-hydrogen) atoms. The minimum atomic E-state index is 0.930. The van der Waals surface area contributed by atoms with Crippen LogP contribution in [0.3, 0.4) is 0 Å². The van der Waals surface area contributed by atoms with Gasteiger partial charge in [-0.05, 0) is 31.1 Å². The average molecular weight is 152 g/mol. The second kappa shape index (κ2) is 3.94. The molecule has 0 heteroatoms. The lowest BCUT2D eigenvalue weighted by Gasteiger charge is -2.17. The van der Waals surface area contributed by atoms with Crippen molar-refractivity contribution < 1.29 is 0 Å². The van der Waals surface area contributed by atoms with Crippen LogP contribution in [-0.4, -0.2) is 0 Å². The largest absolute Gasteiger partial charge is 0.0999 e. The van der Waals surface area contributed by atoms with Crippen molar-refractivity contribution in [1.29, 1.82) is 0 Å². The number of allylic oxidation sites excluding steroid dienone is 1. The summed E-state index contributed by atoms with van der Waals surface area (Å²) in [6, 6.07) is 0. The minimum absolute atomic E-state index is 0.930. The van der Waals surface area contributed by atoms with Crippen molar-refractivity contribution in [3.8, 4) is 0 Å². The fourth-order valence-electron chi connectivity index (χ4n) is 2.14. The predicted molar refractivity (Wildman–Crippen MR) is 50.6 cm³/mol. The molecule has 0 bridgehead atoms. The Hall–Kier alpha value is -0.260. The molecule has 0 nitrogen and oxygen atoms in total. The molecule has 0 amide bonds. The first-order chi connectivity index (χ1) is 5.24. The number of hydrogen-bond acceptors (Lipinski definition) is 0. The van der Waals surface area contributed by atoms with Crippen LogP contribution >= 0.6 is 0 Å². The summed E-state index contributed by atoms with van der Waals surface area (Å²) in [5.41, 5.74) is 1.48. The maximum atomic E-state index is 4.05. The summed E-state index contributed by atoms with van der Waals surface area (Å²) in [4.78, 5) is 0. The molecule has 1 rings (SSSR count). The van der Waals surface area contributed by atoms with E-state index in [1.807, 2.05) is 0 Å². The van der Waals surface area contributed by atoms with Gasteiger partial charge >= 0.3 is 0 Å². The van der Waals surface area contributed by atoms with Gasteiger partial charge in [0.15, 0.2) is 0 Å². The maximum absolute atomic E-state index is 4.05. The van der Waals surface area contributed by atoms with E-state index in [0.717, 1.165) is 11.8 Å². The van der Waals surface area contributed by atoms with E-state index < -0.39 is 0 Å². The molecule has 2 unspecified atom stereocenters. The molecule has 1 saturated carbocycles. The van der Waals surface area contributed by atoms with E-state index in [2.05, 4.69) is 20.4 Å². The summed E-state index contributed by atoms with van der Waals surface area (Å²) < 4.78 is 0. The molecule has 0 radical (unpaired) electrons. The molecule has 0 aromatic rings. The summed E-state index contributed by atoms with van der Waals surface area (Å²) >= 11 is 0. The monoisotopic (exact) mass is 152 g/mol. The van der Waals surface area contributed by atoms with E-state index in [4.69, 9.17) is 0 Å². The van der Waals surface area contributed by atoms with E-state index >= 15 is 0 Å². The minimum Gasteiger partial charge on any atom is -0.0999 e. The highest BCUT2D eigenvalue weighted by Gasteiger charge is 2.22. The first kappa shape index (κ1) is 8.83. The number of hydrogen-bond donors (Lipinski definition) is 0. The van der Waals surface area contributed by atoms with Crippen molar-refractivity contribution in [2.45, 2.75) is 46.0 Å². The molecule has 1 aliphatic carbocycles. The Bertz CT molecular complexity index is 135. The van der Waals surface area contributed by atoms with Crippen molar-refractivity contribution in [1.82, 2.24) is 0 Å². The number of rotatable bonds is 3. The Kier molecular flexibility index (Phi) is 3.16. The standard InChI is InChI=1S/C11H20/c1-4-5-10(3)11-7-6-9(2)8-11/h10-11H,2,4-8H2,1,3H3. The lowest BCUT2D eigenvalue weighted by molar-refractivity contribution is 0.347. The smallest absolute Gasteiger partial charge is 0.0292 e. The molecule has 1 fully saturated rings. The highest BCUT2D eigenvalue weighted by Crippen LogP contribution is 2.35. The molecule has 0 aliphatic heterocycles. The second-order valence-corrected chi connectivity index (χ2v) is 4.02. The van der Waals surface area contributed by atoms with Gasteiger partial charge in [-0.3, -0.25) is 0 Å². The lowest BCUT2D eigenvalue weighted by atomic mass is 9.89. The van der Waals surface area contributed by atoms with Crippen molar-refractivity contribution in [2.24, 2.45) is 11.8 Å². The van der Waals surface area contributed by atoms with E-state index in [0.29, 0.717) is 0 Å². The molecule has 0 N–H and O–H groups in total. The van der Waals surface area contributed by atoms with Gasteiger partial charge in [-0.1, -0.05) is 38.8 Å². The van der Waals surface area contributed by atoms with Crippen LogP contribution in [0.25, 0.3) is 0 Å². The summed E-state index contributed by atoms with van der Waals surface area (Å²) in [7, 11) is 0. The Morgan fingerprint density at radius 2 is 2.36 bits per heavy atom. The predicted octanol–water partition coefficient (Wildman–Crippen LogP) is 3.78. The highest BCUT2D eigenvalue weighted by molar-refractivity contribution is 5.02. The van der Waals surface area contributed by atoms with E-state index in [1.165, 1.54) is 37.7 Å². The normalized spacial score (nSPS) is 27.5. The average Bonchev–Trinajstić information content (AvgIpc) is 2.36. The molecule has 0 aromatic carbocycles. The molecule has 0 heterocycles. The molecule has 64 valence electrons. The van der Waals surface area contributed by atoms with Gasteiger partial charge in [-0.25, -0.2) is 0 Å². The quantitative estimate of drug-likeness (QED) is 0.540. The summed E-state index contributed by atoms with van der Waals surface area (Å²) in [5.74, 6) is 1.89. The van der Waals surface area contributed by atoms with E-state index in [-0.39, 0.29) is 0 Å². The van der Waals surface area contributed by atoms with Gasteiger partial charge in [0.25, 0.3) is 0 Å². The Labute approximate surface area is 70.7 Å². The first-order valence-corrected chi connectivity index (χ1v) is 4.90. The zero-order valence-corrected chi connectivity index (χ0v) is 7.90. The molecule has 0 spiro atoms. The van der Waals surface area contributed by atoms with Gasteiger partial charge in [0.05, 0.1) is 0 Å². The lowest BCUT2D eigenvalue weighted by Crippen LogP contribution is -2.06. The maximum Gasteiger partial charge on any atom is -0.0292 e. The van der Waals surface area contributed by atoms with Crippen LogP contribution in [0.2, 0.25) is 0 Å². The molecular formula is C11H20. The first-order valence-electron chi connectivity index (χ1n) is 4.90. The van der Waals surface area contributed by atoms with Gasteiger partial charge in [-0.15, -0.1) is 0 Å². The second-order valence-electron chi connectivity index (χ2n) is 4.02.